The monoisotopic (exact) mass is 320 g/mol. The van der Waals surface area contributed by atoms with Crippen molar-refractivity contribution in [2.24, 2.45) is 0 Å². The Balaban J connectivity index is 2.99. The number of halogens is 1. The zero-order valence-corrected chi connectivity index (χ0v) is 14.4. The molecule has 0 rings (SSSR count). The number of rotatable bonds is 12. The van der Waals surface area contributed by atoms with Gasteiger partial charge in [-0.05, 0) is 33.6 Å². The van der Waals surface area contributed by atoms with Gasteiger partial charge in [0.1, 0.15) is 0 Å². The van der Waals surface area contributed by atoms with E-state index in [1.54, 1.807) is 0 Å². The number of hydrogen-bond acceptors (Lipinski definition) is 1. The molecule has 0 aliphatic rings. The van der Waals surface area contributed by atoms with Crippen molar-refractivity contribution in [3.05, 3.63) is 0 Å². The highest BCUT2D eigenvalue weighted by Gasteiger charge is 2.08. The Bertz CT molecular complexity index is 163. The standard InChI is InChI=1S/C16H33BrO/c1-16(2,3)18-15-13-11-9-7-5-4-6-8-10-12-14-17/h4-15H2,1-3H3. The fourth-order valence-corrected chi connectivity index (χ4v) is 2.39. The van der Waals surface area contributed by atoms with Crippen molar-refractivity contribution < 1.29 is 4.74 Å². The maximum atomic E-state index is 5.71. The predicted molar refractivity (Wildman–Crippen MR) is 85.7 cm³/mol. The molecule has 18 heavy (non-hydrogen) atoms. The normalized spacial score (nSPS) is 12.0. The maximum absolute atomic E-state index is 5.71. The molecule has 0 N–H and O–H groups in total. The van der Waals surface area contributed by atoms with Crippen LogP contribution in [0.2, 0.25) is 0 Å². The summed E-state index contributed by atoms with van der Waals surface area (Å²) in [5.74, 6) is 0. The van der Waals surface area contributed by atoms with E-state index in [1.807, 2.05) is 0 Å². The van der Waals surface area contributed by atoms with E-state index >= 15 is 0 Å². The van der Waals surface area contributed by atoms with Gasteiger partial charge in [0.25, 0.3) is 0 Å². The third kappa shape index (κ3) is 16.4. The second-order valence-electron chi connectivity index (χ2n) is 6.19. The molecule has 0 amide bonds. The molecular formula is C16H33BrO. The van der Waals surface area contributed by atoms with Crippen LogP contribution in [0.5, 0.6) is 0 Å². The lowest BCUT2D eigenvalue weighted by Gasteiger charge is -2.19. The van der Waals surface area contributed by atoms with E-state index in [2.05, 4.69) is 36.7 Å². The van der Waals surface area contributed by atoms with Gasteiger partial charge in [0.15, 0.2) is 0 Å². The zero-order valence-electron chi connectivity index (χ0n) is 12.8. The number of unbranched alkanes of at least 4 members (excludes halogenated alkanes) is 9. The lowest BCUT2D eigenvalue weighted by Crippen LogP contribution is -2.19. The van der Waals surface area contributed by atoms with Crippen molar-refractivity contribution in [2.45, 2.75) is 90.6 Å². The van der Waals surface area contributed by atoms with E-state index in [-0.39, 0.29) is 5.60 Å². The summed E-state index contributed by atoms with van der Waals surface area (Å²) in [5.41, 5.74) is 0.0368. The van der Waals surface area contributed by atoms with Gasteiger partial charge in [0.05, 0.1) is 5.60 Å². The molecular weight excluding hydrogens is 288 g/mol. The van der Waals surface area contributed by atoms with E-state index in [0.717, 1.165) is 6.61 Å². The molecule has 0 saturated carbocycles. The van der Waals surface area contributed by atoms with E-state index in [9.17, 15) is 0 Å². The van der Waals surface area contributed by atoms with Crippen molar-refractivity contribution >= 4 is 15.9 Å². The summed E-state index contributed by atoms with van der Waals surface area (Å²) in [6, 6.07) is 0. The molecule has 110 valence electrons. The first-order valence-electron chi connectivity index (χ1n) is 7.76. The summed E-state index contributed by atoms with van der Waals surface area (Å²) < 4.78 is 5.71. The lowest BCUT2D eigenvalue weighted by molar-refractivity contribution is -0.00474. The zero-order chi connectivity index (χ0) is 13.7. The third-order valence-corrected chi connectivity index (χ3v) is 3.62. The van der Waals surface area contributed by atoms with Gasteiger partial charge < -0.3 is 4.74 Å². The minimum atomic E-state index is 0.0368. The molecule has 0 fully saturated rings. The van der Waals surface area contributed by atoms with Crippen LogP contribution in [0.25, 0.3) is 0 Å². The molecule has 0 aliphatic carbocycles. The first-order valence-corrected chi connectivity index (χ1v) is 8.88. The molecule has 0 unspecified atom stereocenters. The highest BCUT2D eigenvalue weighted by atomic mass is 79.9. The van der Waals surface area contributed by atoms with Crippen LogP contribution in [0.15, 0.2) is 0 Å². The molecule has 0 aliphatic heterocycles. The van der Waals surface area contributed by atoms with E-state index < -0.39 is 0 Å². The Morgan fingerprint density at radius 3 is 1.44 bits per heavy atom. The Labute approximate surface area is 123 Å². The van der Waals surface area contributed by atoms with Crippen molar-refractivity contribution in [3.8, 4) is 0 Å². The number of hydrogen-bond donors (Lipinski definition) is 0. The molecule has 1 nitrogen and oxygen atoms in total. The van der Waals surface area contributed by atoms with Gasteiger partial charge in [0.2, 0.25) is 0 Å². The van der Waals surface area contributed by atoms with Crippen molar-refractivity contribution in [2.75, 3.05) is 11.9 Å². The van der Waals surface area contributed by atoms with Crippen LogP contribution in [-0.2, 0) is 4.74 Å². The third-order valence-electron chi connectivity index (χ3n) is 3.06. The van der Waals surface area contributed by atoms with E-state index in [0.29, 0.717) is 0 Å². The number of alkyl halides is 1. The summed E-state index contributed by atoms with van der Waals surface area (Å²) >= 11 is 3.48. The molecule has 0 aromatic rings. The molecule has 0 saturated heterocycles. The summed E-state index contributed by atoms with van der Waals surface area (Å²) in [4.78, 5) is 0. The molecule has 0 aromatic carbocycles. The lowest BCUT2D eigenvalue weighted by atomic mass is 10.1. The van der Waals surface area contributed by atoms with Gasteiger partial charge in [-0.3, -0.25) is 0 Å². The first-order chi connectivity index (χ1) is 8.56. The molecule has 0 radical (unpaired) electrons. The number of ether oxygens (including phenoxy) is 1. The fourth-order valence-electron chi connectivity index (χ4n) is 1.99. The van der Waals surface area contributed by atoms with Crippen molar-refractivity contribution in [3.63, 3.8) is 0 Å². The fraction of sp³-hybridized carbons (Fsp3) is 1.00. The SMILES string of the molecule is CC(C)(C)OCCCCCCCCCCCCBr. The Morgan fingerprint density at radius 2 is 1.06 bits per heavy atom. The van der Waals surface area contributed by atoms with Crippen molar-refractivity contribution in [1.29, 1.82) is 0 Å². The minimum absolute atomic E-state index is 0.0368. The molecule has 2 heteroatoms. The Hall–Kier alpha value is 0.440. The molecule has 0 heterocycles. The average molecular weight is 321 g/mol. The topological polar surface area (TPSA) is 9.23 Å². The van der Waals surface area contributed by atoms with Crippen LogP contribution in [-0.4, -0.2) is 17.5 Å². The second-order valence-corrected chi connectivity index (χ2v) is 6.98. The summed E-state index contributed by atoms with van der Waals surface area (Å²) in [5, 5.41) is 1.17. The molecule has 0 aromatic heterocycles. The maximum Gasteiger partial charge on any atom is 0.0598 e. The molecule has 0 spiro atoms. The summed E-state index contributed by atoms with van der Waals surface area (Å²) in [7, 11) is 0. The van der Waals surface area contributed by atoms with Gasteiger partial charge in [-0.1, -0.05) is 67.3 Å². The average Bonchev–Trinajstić information content (AvgIpc) is 2.29. The van der Waals surface area contributed by atoms with Crippen LogP contribution < -0.4 is 0 Å². The van der Waals surface area contributed by atoms with Crippen LogP contribution in [0.3, 0.4) is 0 Å². The highest BCUT2D eigenvalue weighted by Crippen LogP contribution is 2.12. The highest BCUT2D eigenvalue weighted by molar-refractivity contribution is 9.09. The van der Waals surface area contributed by atoms with Crippen LogP contribution in [0.4, 0.5) is 0 Å². The van der Waals surface area contributed by atoms with Crippen LogP contribution in [0.1, 0.15) is 85.0 Å². The first kappa shape index (κ1) is 18.4. The second kappa shape index (κ2) is 12.5. The smallest absolute Gasteiger partial charge is 0.0598 e. The Morgan fingerprint density at radius 1 is 0.667 bits per heavy atom. The quantitative estimate of drug-likeness (QED) is 0.312. The summed E-state index contributed by atoms with van der Waals surface area (Å²) in [6.45, 7) is 7.31. The van der Waals surface area contributed by atoms with Crippen molar-refractivity contribution in [1.82, 2.24) is 0 Å². The van der Waals surface area contributed by atoms with Gasteiger partial charge in [0, 0.05) is 11.9 Å². The van der Waals surface area contributed by atoms with Gasteiger partial charge in [-0.2, -0.15) is 0 Å². The predicted octanol–water partition coefficient (Wildman–Crippen LogP) is 6.10. The van der Waals surface area contributed by atoms with Gasteiger partial charge >= 0.3 is 0 Å². The van der Waals surface area contributed by atoms with Gasteiger partial charge in [-0.15, -0.1) is 0 Å². The largest absolute Gasteiger partial charge is 0.376 e. The Kier molecular flexibility index (Phi) is 12.8. The molecule has 0 bridgehead atoms. The van der Waals surface area contributed by atoms with Crippen LogP contribution >= 0.6 is 15.9 Å². The van der Waals surface area contributed by atoms with Crippen LogP contribution in [0, 0.1) is 0 Å². The van der Waals surface area contributed by atoms with E-state index in [1.165, 1.54) is 69.5 Å². The minimum Gasteiger partial charge on any atom is -0.376 e. The van der Waals surface area contributed by atoms with E-state index in [4.69, 9.17) is 4.74 Å². The van der Waals surface area contributed by atoms with Gasteiger partial charge in [-0.25, -0.2) is 0 Å². The summed E-state index contributed by atoms with van der Waals surface area (Å²) in [6.07, 6.45) is 13.8. The molecule has 0 atom stereocenters.